The first-order chi connectivity index (χ1) is 9.15. The van der Waals surface area contributed by atoms with Crippen LogP contribution < -0.4 is 5.32 Å². The number of carbonyl (C=O) groups is 2. The zero-order valence-electron chi connectivity index (χ0n) is 11.1. The molecule has 2 amide bonds. The molecular formula is C15H18N2O2. The summed E-state index contributed by atoms with van der Waals surface area (Å²) >= 11 is 0. The average molecular weight is 258 g/mol. The van der Waals surface area contributed by atoms with Crippen LogP contribution >= 0.6 is 0 Å². The molecule has 1 N–H and O–H groups in total. The molecule has 4 heteroatoms. The highest BCUT2D eigenvalue weighted by atomic mass is 16.2. The largest absolute Gasteiger partial charge is 0.344 e. The second-order valence-corrected chi connectivity index (χ2v) is 5.45. The van der Waals surface area contributed by atoms with Gasteiger partial charge in [-0.15, -0.1) is 0 Å². The minimum atomic E-state index is -0.319. The van der Waals surface area contributed by atoms with Crippen molar-refractivity contribution in [2.75, 3.05) is 0 Å². The summed E-state index contributed by atoms with van der Waals surface area (Å²) in [6, 6.07) is 8.13. The van der Waals surface area contributed by atoms with Crippen molar-refractivity contribution >= 4 is 11.8 Å². The number of carbonyl (C=O) groups excluding carboxylic acids is 2. The van der Waals surface area contributed by atoms with E-state index in [1.807, 2.05) is 17.0 Å². The van der Waals surface area contributed by atoms with E-state index in [4.69, 9.17) is 0 Å². The number of fused-ring (bicyclic) bond motifs is 1. The average Bonchev–Trinajstić information content (AvgIpc) is 2.84. The van der Waals surface area contributed by atoms with E-state index in [-0.39, 0.29) is 23.9 Å². The molecule has 2 atom stereocenters. The van der Waals surface area contributed by atoms with Crippen LogP contribution in [0.15, 0.2) is 24.3 Å². The van der Waals surface area contributed by atoms with Gasteiger partial charge in [-0.25, -0.2) is 0 Å². The highest BCUT2D eigenvalue weighted by Crippen LogP contribution is 2.24. The molecule has 100 valence electrons. The SMILES string of the molecule is CC1Cc2ccccc2CN1C(=O)C1CCC(=O)N1. The maximum Gasteiger partial charge on any atom is 0.245 e. The minimum absolute atomic E-state index is 0.0107. The standard InChI is InChI=1S/C15H18N2O2/c1-10-8-11-4-2-3-5-12(11)9-17(10)15(19)13-6-7-14(18)16-13/h2-5,10,13H,6-9H2,1H3,(H,16,18). The van der Waals surface area contributed by atoms with Crippen LogP contribution in [-0.2, 0) is 22.6 Å². The summed E-state index contributed by atoms with van der Waals surface area (Å²) in [5, 5.41) is 2.77. The van der Waals surface area contributed by atoms with Crippen molar-refractivity contribution in [3.63, 3.8) is 0 Å². The number of hydrogen-bond donors (Lipinski definition) is 1. The molecule has 19 heavy (non-hydrogen) atoms. The van der Waals surface area contributed by atoms with Gasteiger partial charge in [0.2, 0.25) is 11.8 Å². The van der Waals surface area contributed by atoms with Crippen LogP contribution in [0.5, 0.6) is 0 Å². The molecule has 4 nitrogen and oxygen atoms in total. The fraction of sp³-hybridized carbons (Fsp3) is 0.467. The fourth-order valence-electron chi connectivity index (χ4n) is 2.97. The van der Waals surface area contributed by atoms with Gasteiger partial charge in [-0.05, 0) is 30.9 Å². The first kappa shape index (κ1) is 12.2. The number of benzene rings is 1. The molecule has 2 aliphatic rings. The monoisotopic (exact) mass is 258 g/mol. The van der Waals surface area contributed by atoms with E-state index in [9.17, 15) is 9.59 Å². The van der Waals surface area contributed by atoms with E-state index in [1.165, 1.54) is 11.1 Å². The molecular weight excluding hydrogens is 240 g/mol. The van der Waals surface area contributed by atoms with Gasteiger partial charge in [-0.1, -0.05) is 24.3 Å². The molecule has 0 bridgehead atoms. The predicted octanol–water partition coefficient (Wildman–Crippen LogP) is 1.24. The normalized spacial score (nSPS) is 25.9. The molecule has 1 saturated heterocycles. The van der Waals surface area contributed by atoms with E-state index in [1.54, 1.807) is 0 Å². The Balaban J connectivity index is 1.79. The molecule has 2 aliphatic heterocycles. The van der Waals surface area contributed by atoms with Gasteiger partial charge in [0, 0.05) is 19.0 Å². The van der Waals surface area contributed by atoms with Gasteiger partial charge in [0.15, 0.2) is 0 Å². The smallest absolute Gasteiger partial charge is 0.245 e. The highest BCUT2D eigenvalue weighted by Gasteiger charge is 2.34. The summed E-state index contributed by atoms with van der Waals surface area (Å²) in [4.78, 5) is 25.6. The van der Waals surface area contributed by atoms with Crippen LogP contribution in [0.3, 0.4) is 0 Å². The maximum atomic E-state index is 12.5. The van der Waals surface area contributed by atoms with Gasteiger partial charge in [-0.3, -0.25) is 9.59 Å². The quantitative estimate of drug-likeness (QED) is 0.824. The molecule has 1 aromatic rings. The van der Waals surface area contributed by atoms with Crippen LogP contribution in [-0.4, -0.2) is 28.8 Å². The molecule has 0 aromatic heterocycles. The Bertz CT molecular complexity index is 527. The van der Waals surface area contributed by atoms with Crippen LogP contribution in [0.1, 0.15) is 30.9 Å². The lowest BCUT2D eigenvalue weighted by Crippen LogP contribution is -2.50. The van der Waals surface area contributed by atoms with E-state index < -0.39 is 0 Å². The molecule has 3 rings (SSSR count). The van der Waals surface area contributed by atoms with Gasteiger partial charge < -0.3 is 10.2 Å². The summed E-state index contributed by atoms with van der Waals surface area (Å²) in [6.45, 7) is 2.73. The van der Waals surface area contributed by atoms with Crippen LogP contribution in [0.4, 0.5) is 0 Å². The van der Waals surface area contributed by atoms with Crippen LogP contribution in [0.2, 0.25) is 0 Å². The zero-order chi connectivity index (χ0) is 13.4. The molecule has 0 saturated carbocycles. The third-order valence-corrected chi connectivity index (χ3v) is 4.08. The summed E-state index contributed by atoms with van der Waals surface area (Å²) in [5.74, 6) is 0.0521. The van der Waals surface area contributed by atoms with E-state index in [0.29, 0.717) is 19.4 Å². The third-order valence-electron chi connectivity index (χ3n) is 4.08. The molecule has 0 radical (unpaired) electrons. The van der Waals surface area contributed by atoms with Gasteiger partial charge in [-0.2, -0.15) is 0 Å². The van der Waals surface area contributed by atoms with Crippen molar-refractivity contribution in [3.05, 3.63) is 35.4 Å². The van der Waals surface area contributed by atoms with Crippen molar-refractivity contribution in [1.29, 1.82) is 0 Å². The van der Waals surface area contributed by atoms with Gasteiger partial charge in [0.25, 0.3) is 0 Å². The van der Waals surface area contributed by atoms with Crippen molar-refractivity contribution in [1.82, 2.24) is 10.2 Å². The van der Waals surface area contributed by atoms with Crippen LogP contribution in [0.25, 0.3) is 0 Å². The molecule has 2 heterocycles. The Morgan fingerprint density at radius 1 is 1.32 bits per heavy atom. The minimum Gasteiger partial charge on any atom is -0.344 e. The Labute approximate surface area is 112 Å². The number of nitrogens with one attached hydrogen (secondary N) is 1. The van der Waals surface area contributed by atoms with Gasteiger partial charge in [0.1, 0.15) is 6.04 Å². The predicted molar refractivity (Wildman–Crippen MR) is 71.3 cm³/mol. The lowest BCUT2D eigenvalue weighted by atomic mass is 9.94. The lowest BCUT2D eigenvalue weighted by molar-refractivity contribution is -0.137. The summed E-state index contributed by atoms with van der Waals surface area (Å²) in [5.41, 5.74) is 2.55. The Hall–Kier alpha value is -1.84. The molecule has 0 aliphatic carbocycles. The van der Waals surface area contributed by atoms with Crippen LogP contribution in [0, 0.1) is 0 Å². The van der Waals surface area contributed by atoms with Gasteiger partial charge in [0.05, 0.1) is 0 Å². The Kier molecular flexibility index (Phi) is 3.01. The molecule has 1 aromatic carbocycles. The van der Waals surface area contributed by atoms with Crippen molar-refractivity contribution in [2.45, 2.75) is 44.8 Å². The number of amides is 2. The van der Waals surface area contributed by atoms with Crippen molar-refractivity contribution in [3.8, 4) is 0 Å². The Morgan fingerprint density at radius 2 is 2.05 bits per heavy atom. The topological polar surface area (TPSA) is 49.4 Å². The van der Waals surface area contributed by atoms with Crippen molar-refractivity contribution < 1.29 is 9.59 Å². The molecule has 0 spiro atoms. The number of nitrogens with zero attached hydrogens (tertiary/aromatic N) is 1. The van der Waals surface area contributed by atoms with Crippen molar-refractivity contribution in [2.24, 2.45) is 0 Å². The lowest BCUT2D eigenvalue weighted by Gasteiger charge is -2.36. The fourth-order valence-corrected chi connectivity index (χ4v) is 2.97. The zero-order valence-corrected chi connectivity index (χ0v) is 11.1. The number of hydrogen-bond acceptors (Lipinski definition) is 2. The second kappa shape index (κ2) is 4.68. The van der Waals surface area contributed by atoms with E-state index in [2.05, 4.69) is 24.4 Å². The first-order valence-electron chi connectivity index (χ1n) is 6.82. The first-order valence-corrected chi connectivity index (χ1v) is 6.82. The van der Waals surface area contributed by atoms with Gasteiger partial charge >= 0.3 is 0 Å². The summed E-state index contributed by atoms with van der Waals surface area (Å²) in [6.07, 6.45) is 1.99. The van der Waals surface area contributed by atoms with E-state index in [0.717, 1.165) is 6.42 Å². The number of rotatable bonds is 1. The summed E-state index contributed by atoms with van der Waals surface area (Å²) < 4.78 is 0. The molecule has 2 unspecified atom stereocenters. The Morgan fingerprint density at radius 3 is 2.74 bits per heavy atom. The maximum absolute atomic E-state index is 12.5. The highest BCUT2D eigenvalue weighted by molar-refractivity contribution is 5.91. The molecule has 1 fully saturated rings. The third kappa shape index (κ3) is 2.23. The second-order valence-electron chi connectivity index (χ2n) is 5.45. The summed E-state index contributed by atoms with van der Waals surface area (Å²) in [7, 11) is 0. The van der Waals surface area contributed by atoms with E-state index >= 15 is 0 Å².